The van der Waals surface area contributed by atoms with Gasteiger partial charge in [0.05, 0.1) is 23.2 Å². The van der Waals surface area contributed by atoms with Crippen LogP contribution in [0.15, 0.2) is 35.3 Å². The minimum atomic E-state index is -0.895. The molecular weight excluding hydrogens is 508 g/mol. The maximum atomic E-state index is 12.4. The molecule has 1 fully saturated rings. The van der Waals surface area contributed by atoms with Gasteiger partial charge in [-0.3, -0.25) is 14.9 Å². The number of nitrogens with zero attached hydrogens (tertiary/aromatic N) is 3. The number of hydrogen-bond donors (Lipinski definition) is 2. The fourth-order valence-electron chi connectivity index (χ4n) is 4.86. The standard InChI is InChI=1S/C28H38N4O5.ClH/c1-17(2)37-28(35)25(19(4)33)29-14-21-6-7-24-23(13-21)30-26(22-12-18(3)27(34)31(5)16-22)32(24)15-20-8-10-36-11-9-20;/h6-7,12-13,16-17,19-20,25,29,33H,8-11,14-15H2,1-5H3;1H/t19-,25+;/m1./s1. The molecule has 4 rings (SSSR count). The molecule has 0 saturated carbocycles. The van der Waals surface area contributed by atoms with Gasteiger partial charge in [0.2, 0.25) is 0 Å². The molecular formula is C28H39ClN4O5. The summed E-state index contributed by atoms with van der Waals surface area (Å²) in [4.78, 5) is 29.7. The summed E-state index contributed by atoms with van der Waals surface area (Å²) in [5.41, 5.74) is 4.34. The first-order chi connectivity index (χ1) is 17.6. The zero-order valence-electron chi connectivity index (χ0n) is 22.8. The molecule has 208 valence electrons. The van der Waals surface area contributed by atoms with E-state index in [-0.39, 0.29) is 24.1 Å². The zero-order chi connectivity index (χ0) is 26.7. The summed E-state index contributed by atoms with van der Waals surface area (Å²) in [5, 5.41) is 13.3. The van der Waals surface area contributed by atoms with Crippen LogP contribution < -0.4 is 10.9 Å². The van der Waals surface area contributed by atoms with Crippen molar-refractivity contribution in [2.75, 3.05) is 13.2 Å². The highest BCUT2D eigenvalue weighted by atomic mass is 35.5. The van der Waals surface area contributed by atoms with E-state index >= 15 is 0 Å². The number of aliphatic hydroxyl groups is 1. The number of fused-ring (bicyclic) bond motifs is 1. The van der Waals surface area contributed by atoms with Crippen LogP contribution in [0.5, 0.6) is 0 Å². The smallest absolute Gasteiger partial charge is 0.326 e. The number of aromatic nitrogens is 3. The van der Waals surface area contributed by atoms with Gasteiger partial charge in [0.25, 0.3) is 5.56 Å². The fraction of sp³-hybridized carbons (Fsp3) is 0.536. The molecule has 10 heteroatoms. The number of carbonyl (C=O) groups is 1. The van der Waals surface area contributed by atoms with Gasteiger partial charge < -0.3 is 23.7 Å². The number of aliphatic hydroxyl groups excluding tert-OH is 1. The van der Waals surface area contributed by atoms with Crippen LogP contribution in [0.2, 0.25) is 0 Å². The molecule has 38 heavy (non-hydrogen) atoms. The van der Waals surface area contributed by atoms with Crippen molar-refractivity contribution in [3.05, 3.63) is 51.9 Å². The molecule has 9 nitrogen and oxygen atoms in total. The van der Waals surface area contributed by atoms with Crippen molar-refractivity contribution in [3.8, 4) is 11.4 Å². The van der Waals surface area contributed by atoms with Gasteiger partial charge in [-0.05, 0) is 70.2 Å². The lowest BCUT2D eigenvalue weighted by Gasteiger charge is -2.23. The summed E-state index contributed by atoms with van der Waals surface area (Å²) in [6.45, 7) is 9.69. The van der Waals surface area contributed by atoms with Gasteiger partial charge in [-0.2, -0.15) is 0 Å². The molecule has 0 amide bonds. The summed E-state index contributed by atoms with van der Waals surface area (Å²) >= 11 is 0. The van der Waals surface area contributed by atoms with E-state index in [4.69, 9.17) is 14.5 Å². The highest BCUT2D eigenvalue weighted by molar-refractivity contribution is 5.85. The van der Waals surface area contributed by atoms with E-state index in [2.05, 4.69) is 16.0 Å². The number of ether oxygens (including phenoxy) is 2. The van der Waals surface area contributed by atoms with Crippen molar-refractivity contribution in [2.45, 2.75) is 71.9 Å². The molecule has 0 unspecified atom stereocenters. The molecule has 0 aliphatic carbocycles. The van der Waals surface area contributed by atoms with E-state index in [9.17, 15) is 14.7 Å². The van der Waals surface area contributed by atoms with Crippen LogP contribution in [0.4, 0.5) is 0 Å². The number of carbonyl (C=O) groups excluding carboxylic acids is 1. The van der Waals surface area contributed by atoms with E-state index in [0.717, 1.165) is 60.6 Å². The number of aryl methyl sites for hydroxylation is 2. The Labute approximate surface area is 229 Å². The summed E-state index contributed by atoms with van der Waals surface area (Å²) in [6, 6.07) is 7.16. The minimum absolute atomic E-state index is 0. The topological polar surface area (TPSA) is 108 Å². The van der Waals surface area contributed by atoms with E-state index in [1.54, 1.807) is 32.4 Å². The molecule has 1 aliphatic rings. The van der Waals surface area contributed by atoms with Gasteiger partial charge in [-0.15, -0.1) is 12.4 Å². The van der Waals surface area contributed by atoms with Gasteiger partial charge in [-0.25, -0.2) is 4.98 Å². The molecule has 1 aliphatic heterocycles. The largest absolute Gasteiger partial charge is 0.462 e. The Balaban J connectivity index is 0.00000400. The number of esters is 1. The van der Waals surface area contributed by atoms with E-state index in [1.807, 2.05) is 31.3 Å². The SMILES string of the molecule is Cc1cc(-c2nc3cc(CN[C@H](C(=O)OC(C)C)[C@@H](C)O)ccc3n2CC2CCOCC2)cn(C)c1=O.Cl. The molecule has 1 saturated heterocycles. The second-order valence-electron chi connectivity index (χ2n) is 10.3. The van der Waals surface area contributed by atoms with Gasteiger partial charge in [0.1, 0.15) is 11.9 Å². The second kappa shape index (κ2) is 12.9. The van der Waals surface area contributed by atoms with Crippen molar-refractivity contribution >= 4 is 29.4 Å². The molecule has 2 atom stereocenters. The Kier molecular flexibility index (Phi) is 10.1. The zero-order valence-corrected chi connectivity index (χ0v) is 23.6. The molecule has 3 aromatic rings. The van der Waals surface area contributed by atoms with E-state index < -0.39 is 18.1 Å². The Morgan fingerprint density at radius 2 is 1.95 bits per heavy atom. The number of benzene rings is 1. The summed E-state index contributed by atoms with van der Waals surface area (Å²) < 4.78 is 14.7. The van der Waals surface area contributed by atoms with Crippen LogP contribution in [-0.4, -0.2) is 56.7 Å². The Morgan fingerprint density at radius 1 is 1.24 bits per heavy atom. The Bertz CT molecular complexity index is 1280. The lowest BCUT2D eigenvalue weighted by molar-refractivity contribution is -0.152. The monoisotopic (exact) mass is 546 g/mol. The molecule has 0 radical (unpaired) electrons. The summed E-state index contributed by atoms with van der Waals surface area (Å²) in [5.74, 6) is 0.838. The average Bonchev–Trinajstić information content (AvgIpc) is 3.19. The molecule has 1 aromatic carbocycles. The third-order valence-electron chi connectivity index (χ3n) is 6.83. The van der Waals surface area contributed by atoms with Gasteiger partial charge in [0.15, 0.2) is 0 Å². The first kappa shape index (κ1) is 29.8. The van der Waals surface area contributed by atoms with Crippen molar-refractivity contribution in [2.24, 2.45) is 13.0 Å². The Morgan fingerprint density at radius 3 is 2.58 bits per heavy atom. The number of halogens is 1. The minimum Gasteiger partial charge on any atom is -0.462 e. The van der Waals surface area contributed by atoms with Crippen molar-refractivity contribution < 1.29 is 19.4 Å². The average molecular weight is 547 g/mol. The van der Waals surface area contributed by atoms with Crippen molar-refractivity contribution in [1.29, 1.82) is 0 Å². The van der Waals surface area contributed by atoms with Crippen LogP contribution in [0, 0.1) is 12.8 Å². The van der Waals surface area contributed by atoms with Crippen LogP contribution in [0.1, 0.15) is 44.7 Å². The number of nitrogens with one attached hydrogen (secondary N) is 1. The number of pyridine rings is 1. The lowest BCUT2D eigenvalue weighted by Crippen LogP contribution is -2.46. The summed E-state index contributed by atoms with van der Waals surface area (Å²) in [7, 11) is 1.76. The molecule has 2 N–H and O–H groups in total. The number of imidazole rings is 1. The van der Waals surface area contributed by atoms with Crippen molar-refractivity contribution in [3.63, 3.8) is 0 Å². The third-order valence-corrected chi connectivity index (χ3v) is 6.83. The number of hydrogen-bond acceptors (Lipinski definition) is 7. The Hall–Kier alpha value is -2.72. The maximum absolute atomic E-state index is 12.4. The first-order valence-corrected chi connectivity index (χ1v) is 13.0. The predicted octanol–water partition coefficient (Wildman–Crippen LogP) is 3.35. The van der Waals surface area contributed by atoms with Gasteiger partial charge in [-0.1, -0.05) is 6.07 Å². The maximum Gasteiger partial charge on any atom is 0.326 e. The van der Waals surface area contributed by atoms with Gasteiger partial charge >= 0.3 is 5.97 Å². The van der Waals surface area contributed by atoms with E-state index in [1.165, 1.54) is 0 Å². The van der Waals surface area contributed by atoms with E-state index in [0.29, 0.717) is 18.0 Å². The summed E-state index contributed by atoms with van der Waals surface area (Å²) in [6.07, 6.45) is 2.69. The fourth-order valence-corrected chi connectivity index (χ4v) is 4.86. The molecule has 3 heterocycles. The molecule has 0 bridgehead atoms. The van der Waals surface area contributed by atoms with Crippen LogP contribution >= 0.6 is 12.4 Å². The van der Waals surface area contributed by atoms with Crippen LogP contribution in [-0.2, 0) is 34.4 Å². The normalized spacial score (nSPS) is 15.9. The molecule has 0 spiro atoms. The number of rotatable bonds is 9. The highest BCUT2D eigenvalue weighted by Crippen LogP contribution is 2.29. The third kappa shape index (κ3) is 6.83. The first-order valence-electron chi connectivity index (χ1n) is 13.0. The van der Waals surface area contributed by atoms with Gasteiger partial charge in [0, 0.05) is 50.7 Å². The highest BCUT2D eigenvalue weighted by Gasteiger charge is 2.26. The van der Waals surface area contributed by atoms with Crippen LogP contribution in [0.25, 0.3) is 22.4 Å². The van der Waals surface area contributed by atoms with Crippen LogP contribution in [0.3, 0.4) is 0 Å². The predicted molar refractivity (Wildman–Crippen MR) is 149 cm³/mol. The lowest BCUT2D eigenvalue weighted by atomic mass is 10.00. The quantitative estimate of drug-likeness (QED) is 0.396. The van der Waals surface area contributed by atoms with Crippen molar-refractivity contribution in [1.82, 2.24) is 19.4 Å². The molecule has 2 aromatic heterocycles. The second-order valence-corrected chi connectivity index (χ2v) is 10.3.